The van der Waals surface area contributed by atoms with Crippen LogP contribution in [0, 0.1) is 6.92 Å². The summed E-state index contributed by atoms with van der Waals surface area (Å²) < 4.78 is 6.35. The van der Waals surface area contributed by atoms with Gasteiger partial charge in [-0.1, -0.05) is 22.4 Å². The van der Waals surface area contributed by atoms with E-state index in [4.69, 9.17) is 17.0 Å². The van der Waals surface area contributed by atoms with Crippen LogP contribution in [0.4, 0.5) is 10.7 Å². The Labute approximate surface area is 177 Å². The molecule has 1 aliphatic rings. The van der Waals surface area contributed by atoms with Crippen molar-refractivity contribution in [2.75, 3.05) is 17.2 Å². The Morgan fingerprint density at radius 2 is 2.04 bits per heavy atom. The highest BCUT2D eigenvalue weighted by Crippen LogP contribution is 2.38. The van der Waals surface area contributed by atoms with E-state index >= 15 is 0 Å². The first-order valence-electron chi connectivity index (χ1n) is 9.15. The molecule has 0 saturated carbocycles. The second-order valence-electron chi connectivity index (χ2n) is 6.53. The second-order valence-corrected chi connectivity index (χ2v) is 8.96. The third kappa shape index (κ3) is 4.89. The lowest BCUT2D eigenvalue weighted by Crippen LogP contribution is -2.21. The van der Waals surface area contributed by atoms with Crippen LogP contribution in [-0.2, 0) is 17.6 Å². The first kappa shape index (κ1) is 20.3. The molecule has 0 saturated heterocycles. The fourth-order valence-electron chi connectivity index (χ4n) is 3.27. The highest BCUT2D eigenvalue weighted by atomic mass is 79.9. The van der Waals surface area contributed by atoms with Gasteiger partial charge < -0.3 is 15.4 Å². The molecule has 1 heterocycles. The molecule has 0 unspecified atom stereocenters. The van der Waals surface area contributed by atoms with E-state index in [9.17, 15) is 4.79 Å². The van der Waals surface area contributed by atoms with Crippen molar-refractivity contribution >= 4 is 61.3 Å². The van der Waals surface area contributed by atoms with E-state index in [0.717, 1.165) is 52.0 Å². The zero-order chi connectivity index (χ0) is 19.4. The zero-order valence-electron chi connectivity index (χ0n) is 15.5. The van der Waals surface area contributed by atoms with E-state index in [1.807, 2.05) is 32.0 Å². The number of benzene rings is 1. The predicted molar refractivity (Wildman–Crippen MR) is 120 cm³/mol. The number of anilines is 2. The molecule has 0 bridgehead atoms. The lowest BCUT2D eigenvalue weighted by atomic mass is 10.1. The average molecular weight is 467 g/mol. The Kier molecular flexibility index (Phi) is 6.89. The van der Waals surface area contributed by atoms with Crippen molar-refractivity contribution in [3.63, 3.8) is 0 Å². The van der Waals surface area contributed by atoms with Crippen molar-refractivity contribution in [2.24, 2.45) is 0 Å². The number of thiophene rings is 1. The molecule has 0 radical (unpaired) electrons. The van der Waals surface area contributed by atoms with Crippen molar-refractivity contribution in [2.45, 2.75) is 46.0 Å². The maximum Gasteiger partial charge on any atom is 0.341 e. The molecule has 1 aliphatic carbocycles. The number of fused-ring (bicyclic) bond motifs is 1. The number of nitrogens with one attached hydrogen (secondary N) is 2. The summed E-state index contributed by atoms with van der Waals surface area (Å²) in [7, 11) is 0. The molecule has 0 spiro atoms. The maximum absolute atomic E-state index is 12.6. The summed E-state index contributed by atoms with van der Waals surface area (Å²) in [5, 5.41) is 7.73. The Bertz CT molecular complexity index is 864. The number of esters is 1. The first-order valence-corrected chi connectivity index (χ1v) is 11.2. The Hall–Kier alpha value is -1.44. The molecule has 0 atom stereocenters. The Balaban J connectivity index is 1.84. The summed E-state index contributed by atoms with van der Waals surface area (Å²) in [6.07, 6.45) is 5.41. The molecule has 1 aromatic heterocycles. The number of halogens is 1. The number of hydrogen-bond donors (Lipinski definition) is 2. The number of ether oxygens (including phenoxy) is 1. The fraction of sp³-hybridized carbons (Fsp3) is 0.400. The van der Waals surface area contributed by atoms with Gasteiger partial charge in [0.2, 0.25) is 0 Å². The van der Waals surface area contributed by atoms with Crippen LogP contribution in [-0.4, -0.2) is 17.7 Å². The number of aryl methyl sites for hydroxylation is 2. The van der Waals surface area contributed by atoms with Gasteiger partial charge in [-0.25, -0.2) is 4.79 Å². The van der Waals surface area contributed by atoms with Crippen LogP contribution in [0.25, 0.3) is 0 Å². The van der Waals surface area contributed by atoms with Crippen molar-refractivity contribution in [1.29, 1.82) is 0 Å². The minimum atomic E-state index is -0.262. The average Bonchev–Trinajstić information content (AvgIpc) is 2.78. The third-order valence-electron chi connectivity index (χ3n) is 4.56. The molecule has 0 amide bonds. The molecule has 7 heteroatoms. The molecule has 3 rings (SSSR count). The van der Waals surface area contributed by atoms with Crippen LogP contribution in [0.1, 0.15) is 52.5 Å². The van der Waals surface area contributed by atoms with Crippen LogP contribution in [0.15, 0.2) is 22.7 Å². The minimum absolute atomic E-state index is 0.262. The molecule has 144 valence electrons. The number of thiocarbonyl (C=S) groups is 1. The maximum atomic E-state index is 12.6. The second kappa shape index (κ2) is 9.17. The summed E-state index contributed by atoms with van der Waals surface area (Å²) in [5.74, 6) is -0.262. The van der Waals surface area contributed by atoms with Gasteiger partial charge >= 0.3 is 5.97 Å². The van der Waals surface area contributed by atoms with Crippen LogP contribution >= 0.6 is 39.5 Å². The number of carbonyl (C=O) groups excluding carboxylic acids is 1. The molecule has 27 heavy (non-hydrogen) atoms. The van der Waals surface area contributed by atoms with E-state index in [1.54, 1.807) is 11.3 Å². The van der Waals surface area contributed by atoms with Crippen molar-refractivity contribution in [1.82, 2.24) is 0 Å². The van der Waals surface area contributed by atoms with E-state index < -0.39 is 0 Å². The monoisotopic (exact) mass is 466 g/mol. The van der Waals surface area contributed by atoms with Gasteiger partial charge in [-0.15, -0.1) is 11.3 Å². The minimum Gasteiger partial charge on any atom is -0.462 e. The molecular weight excluding hydrogens is 444 g/mol. The number of rotatable bonds is 4. The van der Waals surface area contributed by atoms with Crippen molar-refractivity contribution < 1.29 is 9.53 Å². The summed E-state index contributed by atoms with van der Waals surface area (Å²) in [6, 6.07) is 5.97. The van der Waals surface area contributed by atoms with E-state index in [0.29, 0.717) is 17.3 Å². The highest BCUT2D eigenvalue weighted by Gasteiger charge is 2.26. The van der Waals surface area contributed by atoms with Crippen LogP contribution in [0.2, 0.25) is 0 Å². The molecule has 0 fully saturated rings. The zero-order valence-corrected chi connectivity index (χ0v) is 18.7. The smallest absolute Gasteiger partial charge is 0.341 e. The topological polar surface area (TPSA) is 50.4 Å². The van der Waals surface area contributed by atoms with Gasteiger partial charge in [-0.2, -0.15) is 0 Å². The van der Waals surface area contributed by atoms with Crippen molar-refractivity contribution in [3.8, 4) is 0 Å². The number of carbonyl (C=O) groups is 1. The molecule has 4 nitrogen and oxygen atoms in total. The molecule has 0 aliphatic heterocycles. The summed E-state index contributed by atoms with van der Waals surface area (Å²) >= 11 is 10.6. The molecule has 2 aromatic rings. The van der Waals surface area contributed by atoms with Gasteiger partial charge in [0.15, 0.2) is 5.11 Å². The van der Waals surface area contributed by atoms with Gasteiger partial charge in [0.05, 0.1) is 12.2 Å². The number of hydrogen-bond acceptors (Lipinski definition) is 4. The molecule has 1 aromatic carbocycles. The quantitative estimate of drug-likeness (QED) is 0.325. The lowest BCUT2D eigenvalue weighted by molar-refractivity contribution is 0.0527. The summed E-state index contributed by atoms with van der Waals surface area (Å²) in [4.78, 5) is 13.9. The van der Waals surface area contributed by atoms with Crippen LogP contribution < -0.4 is 10.6 Å². The predicted octanol–water partition coefficient (Wildman–Crippen LogP) is 6.07. The van der Waals surface area contributed by atoms with Crippen LogP contribution in [0.3, 0.4) is 0 Å². The van der Waals surface area contributed by atoms with Gasteiger partial charge in [0.25, 0.3) is 0 Å². The van der Waals surface area contributed by atoms with E-state index in [1.165, 1.54) is 11.3 Å². The summed E-state index contributed by atoms with van der Waals surface area (Å²) in [5.41, 5.74) is 3.82. The standard InChI is InChI=1S/C20H23BrN2O2S2/c1-3-25-19(24)17-14-7-5-4-6-8-16(14)27-18(17)23-20(26)22-15-10-9-13(21)11-12(15)2/h9-11H,3-8H2,1-2H3,(H2,22,23,26). The van der Waals surface area contributed by atoms with Gasteiger partial charge in [-0.05, 0) is 81.1 Å². The fourth-order valence-corrected chi connectivity index (χ4v) is 5.31. The van der Waals surface area contributed by atoms with Gasteiger partial charge in [-0.3, -0.25) is 0 Å². The molecule has 2 N–H and O–H groups in total. The molecular formula is C20H23BrN2O2S2. The summed E-state index contributed by atoms with van der Waals surface area (Å²) in [6.45, 7) is 4.22. The van der Waals surface area contributed by atoms with Crippen LogP contribution in [0.5, 0.6) is 0 Å². The first-order chi connectivity index (χ1) is 13.0. The normalized spacial score (nSPS) is 13.4. The highest BCUT2D eigenvalue weighted by molar-refractivity contribution is 9.10. The lowest BCUT2D eigenvalue weighted by Gasteiger charge is -2.13. The SMILES string of the molecule is CCOC(=O)c1c(NC(=S)Nc2ccc(Br)cc2C)sc2c1CCCCC2. The van der Waals surface area contributed by atoms with Gasteiger partial charge in [0.1, 0.15) is 5.00 Å². The Morgan fingerprint density at radius 3 is 2.78 bits per heavy atom. The van der Waals surface area contributed by atoms with E-state index in [2.05, 4.69) is 26.6 Å². The van der Waals surface area contributed by atoms with Crippen molar-refractivity contribution in [3.05, 3.63) is 44.2 Å². The third-order valence-corrected chi connectivity index (χ3v) is 6.47. The largest absolute Gasteiger partial charge is 0.462 e. The van der Waals surface area contributed by atoms with Gasteiger partial charge in [0, 0.05) is 15.0 Å². The van der Waals surface area contributed by atoms with E-state index in [-0.39, 0.29) is 5.97 Å². The Morgan fingerprint density at radius 1 is 1.26 bits per heavy atom.